The summed E-state index contributed by atoms with van der Waals surface area (Å²) in [6.07, 6.45) is -0.523. The Kier molecular flexibility index (Phi) is 6.69. The Bertz CT molecular complexity index is 899. The zero-order valence-corrected chi connectivity index (χ0v) is 16.7. The molecule has 1 aliphatic heterocycles. The van der Waals surface area contributed by atoms with Gasteiger partial charge in [-0.3, -0.25) is 4.31 Å². The van der Waals surface area contributed by atoms with Crippen LogP contribution in [0.15, 0.2) is 47.4 Å². The lowest BCUT2D eigenvalue weighted by Crippen LogP contribution is -2.38. The number of anilines is 1. The number of alkyl halides is 3. The fourth-order valence-corrected chi connectivity index (χ4v) is 4.01. The van der Waals surface area contributed by atoms with Crippen molar-refractivity contribution in [2.45, 2.75) is 18.0 Å². The van der Waals surface area contributed by atoms with Crippen LogP contribution in [0.25, 0.3) is 0 Å². The average Bonchev–Trinajstić information content (AvgIpc) is 2.61. The van der Waals surface area contributed by atoms with Crippen LogP contribution in [0, 0.1) is 6.92 Å². The highest BCUT2D eigenvalue weighted by atomic mass is 32.2. The quantitative estimate of drug-likeness (QED) is 0.715. The molecule has 27 heavy (non-hydrogen) atoms. The maximum atomic E-state index is 12.9. The Morgan fingerprint density at radius 2 is 1.78 bits per heavy atom. The van der Waals surface area contributed by atoms with E-state index in [2.05, 4.69) is 0 Å². The highest BCUT2D eigenvalue weighted by molar-refractivity contribution is 7.97. The summed E-state index contributed by atoms with van der Waals surface area (Å²) in [5.41, 5.74) is 0.156. The number of ether oxygens (including phenoxy) is 1. The van der Waals surface area contributed by atoms with Gasteiger partial charge >= 0.3 is 6.18 Å². The van der Waals surface area contributed by atoms with Gasteiger partial charge in [0, 0.05) is 0 Å². The molecule has 2 aromatic carbocycles. The second-order valence-electron chi connectivity index (χ2n) is 5.83. The van der Waals surface area contributed by atoms with Crippen LogP contribution in [0.5, 0.6) is 5.75 Å². The third kappa shape index (κ3) is 4.90. The van der Waals surface area contributed by atoms with E-state index in [1.807, 2.05) is 12.5 Å². The van der Waals surface area contributed by atoms with Crippen molar-refractivity contribution in [3.63, 3.8) is 0 Å². The van der Waals surface area contributed by atoms with E-state index in [-0.39, 0.29) is 13.2 Å². The van der Waals surface area contributed by atoms with Gasteiger partial charge < -0.3 is 4.74 Å². The molecule has 0 amide bonds. The van der Waals surface area contributed by atoms with E-state index in [4.69, 9.17) is 4.74 Å². The van der Waals surface area contributed by atoms with Crippen molar-refractivity contribution in [1.29, 1.82) is 0 Å². The summed E-state index contributed by atoms with van der Waals surface area (Å²) >= 11 is 1.75. The molecule has 0 radical (unpaired) electrons. The summed E-state index contributed by atoms with van der Waals surface area (Å²) in [4.78, 5) is -0.397. The first kappa shape index (κ1) is 21.4. The first-order chi connectivity index (χ1) is 12.6. The smallest absolute Gasteiger partial charge is 0.416 e. The van der Waals surface area contributed by atoms with E-state index < -0.39 is 26.7 Å². The molecule has 0 aliphatic carbocycles. The van der Waals surface area contributed by atoms with Crippen molar-refractivity contribution in [3.05, 3.63) is 53.6 Å². The van der Waals surface area contributed by atoms with E-state index in [1.54, 1.807) is 36.9 Å². The largest absolute Gasteiger partial charge is 0.489 e. The lowest BCUT2D eigenvalue weighted by Gasteiger charge is -2.30. The Morgan fingerprint density at radius 3 is 2.41 bits per heavy atom. The van der Waals surface area contributed by atoms with Gasteiger partial charge in [-0.25, -0.2) is 8.42 Å². The molecule has 0 bridgehead atoms. The predicted molar refractivity (Wildman–Crippen MR) is 102 cm³/mol. The number of thioether (sulfide) groups is 1. The van der Waals surface area contributed by atoms with Gasteiger partial charge in [0.1, 0.15) is 12.4 Å². The molecule has 9 heteroatoms. The van der Waals surface area contributed by atoms with Crippen LogP contribution < -0.4 is 9.04 Å². The number of hydrogen-bond donors (Lipinski definition) is 0. The molecule has 0 atom stereocenters. The zero-order chi connectivity index (χ0) is 20.2. The van der Waals surface area contributed by atoms with Crippen molar-refractivity contribution < 1.29 is 26.3 Å². The number of hydrogen-bond acceptors (Lipinski definition) is 4. The Hall–Kier alpha value is -1.87. The summed E-state index contributed by atoms with van der Waals surface area (Å²) in [5.74, 6) is 0.391. The van der Waals surface area contributed by atoms with Crippen LogP contribution in [0.4, 0.5) is 18.9 Å². The third-order valence-electron chi connectivity index (χ3n) is 3.68. The monoisotopic (exact) mass is 419 g/mol. The van der Waals surface area contributed by atoms with Gasteiger partial charge in [0.2, 0.25) is 0 Å². The van der Waals surface area contributed by atoms with E-state index in [0.29, 0.717) is 17.5 Å². The minimum absolute atomic E-state index is 0.0367. The van der Waals surface area contributed by atoms with E-state index in [1.165, 1.54) is 0 Å². The van der Waals surface area contributed by atoms with Crippen LogP contribution >= 0.6 is 11.8 Å². The van der Waals surface area contributed by atoms with Gasteiger partial charge in [0.15, 0.2) is 0 Å². The predicted octanol–water partition coefficient (Wildman–Crippen LogP) is 4.58. The molecule has 2 aromatic rings. The van der Waals surface area contributed by atoms with Gasteiger partial charge in [0.05, 0.1) is 22.7 Å². The molecule has 0 aromatic heterocycles. The van der Waals surface area contributed by atoms with Crippen LogP contribution in [-0.2, 0) is 16.2 Å². The second-order valence-corrected chi connectivity index (χ2v) is 8.51. The summed E-state index contributed by atoms with van der Waals surface area (Å²) < 4.78 is 70.8. The van der Waals surface area contributed by atoms with Crippen molar-refractivity contribution in [1.82, 2.24) is 0 Å². The number of halogens is 3. The fourth-order valence-electron chi connectivity index (χ4n) is 2.51. The van der Waals surface area contributed by atoms with E-state index in [9.17, 15) is 21.6 Å². The van der Waals surface area contributed by atoms with Gasteiger partial charge in [-0.2, -0.15) is 24.9 Å². The number of fused-ring (bicyclic) bond motifs is 1. The maximum Gasteiger partial charge on any atom is 0.416 e. The van der Waals surface area contributed by atoms with Crippen LogP contribution in [-0.4, -0.2) is 34.1 Å². The van der Waals surface area contributed by atoms with Gasteiger partial charge in [-0.1, -0.05) is 12.1 Å². The SMILES string of the molecule is CSC.Cc1ccc2c(c1)N(S(=O)(=O)c1cccc(C(F)(F)F)c1)CCO2. The Labute approximate surface area is 161 Å². The Balaban J connectivity index is 0.000000817. The van der Waals surface area contributed by atoms with Crippen LogP contribution in [0.3, 0.4) is 0 Å². The van der Waals surface area contributed by atoms with E-state index >= 15 is 0 Å². The first-order valence-electron chi connectivity index (χ1n) is 7.95. The van der Waals surface area contributed by atoms with Crippen molar-refractivity contribution >= 4 is 27.5 Å². The molecule has 1 heterocycles. The molecule has 1 aliphatic rings. The van der Waals surface area contributed by atoms with Gasteiger partial charge in [0.25, 0.3) is 10.0 Å². The molecular weight excluding hydrogens is 399 g/mol. The maximum absolute atomic E-state index is 12.9. The summed E-state index contributed by atoms with van der Waals surface area (Å²) in [6, 6.07) is 8.82. The molecule has 3 rings (SSSR count). The van der Waals surface area contributed by atoms with Gasteiger partial charge in [-0.15, -0.1) is 0 Å². The normalized spacial score (nSPS) is 13.9. The van der Waals surface area contributed by atoms with Crippen molar-refractivity contribution in [2.24, 2.45) is 0 Å². The summed E-state index contributed by atoms with van der Waals surface area (Å²) in [6.45, 7) is 1.97. The number of nitrogens with zero attached hydrogens (tertiary/aromatic N) is 1. The Morgan fingerprint density at radius 1 is 1.11 bits per heavy atom. The molecule has 0 unspecified atom stereocenters. The molecule has 0 fully saturated rings. The number of aryl methyl sites for hydroxylation is 1. The fraction of sp³-hybridized carbons (Fsp3) is 0.333. The summed E-state index contributed by atoms with van der Waals surface area (Å²) in [5, 5.41) is 0. The number of sulfonamides is 1. The number of benzene rings is 2. The summed E-state index contributed by atoms with van der Waals surface area (Å²) in [7, 11) is -4.12. The molecule has 4 nitrogen and oxygen atoms in total. The standard InChI is InChI=1S/C16H14F3NO3S.C2H6S/c1-11-5-6-15-14(9-11)20(7-8-23-15)24(21,22)13-4-2-3-12(10-13)16(17,18)19;1-3-2/h2-6,9-10H,7-8H2,1H3;1-2H3. The molecule has 0 saturated carbocycles. The lowest BCUT2D eigenvalue weighted by molar-refractivity contribution is -0.137. The van der Waals surface area contributed by atoms with E-state index in [0.717, 1.165) is 28.1 Å². The van der Waals surface area contributed by atoms with Crippen molar-refractivity contribution in [3.8, 4) is 5.75 Å². The third-order valence-corrected chi connectivity index (χ3v) is 5.49. The lowest BCUT2D eigenvalue weighted by atomic mass is 10.2. The zero-order valence-electron chi connectivity index (χ0n) is 15.1. The van der Waals surface area contributed by atoms with Crippen LogP contribution in [0.1, 0.15) is 11.1 Å². The molecule has 0 N–H and O–H groups in total. The molecule has 0 spiro atoms. The highest BCUT2D eigenvalue weighted by Gasteiger charge is 2.34. The molecule has 148 valence electrons. The molecule has 0 saturated heterocycles. The first-order valence-corrected chi connectivity index (χ1v) is 11.0. The van der Waals surface area contributed by atoms with Crippen LogP contribution in [0.2, 0.25) is 0 Å². The highest BCUT2D eigenvalue weighted by Crippen LogP contribution is 2.37. The minimum atomic E-state index is -4.61. The minimum Gasteiger partial charge on any atom is -0.489 e. The van der Waals surface area contributed by atoms with Crippen molar-refractivity contribution in [2.75, 3.05) is 30.0 Å². The van der Waals surface area contributed by atoms with Gasteiger partial charge in [-0.05, 0) is 55.3 Å². The molecular formula is C18H20F3NO3S2. The topological polar surface area (TPSA) is 46.6 Å². The average molecular weight is 419 g/mol. The number of rotatable bonds is 2. The second kappa shape index (κ2) is 8.43.